The van der Waals surface area contributed by atoms with Crippen LogP contribution < -0.4 is 5.32 Å². The van der Waals surface area contributed by atoms with E-state index in [1.165, 1.54) is 32.2 Å². The van der Waals surface area contributed by atoms with Gasteiger partial charge in [-0.15, -0.1) is 0 Å². The van der Waals surface area contributed by atoms with E-state index in [9.17, 15) is 0 Å². The molecule has 0 bridgehead atoms. The van der Waals surface area contributed by atoms with Crippen molar-refractivity contribution in [3.63, 3.8) is 0 Å². The second-order valence-corrected chi connectivity index (χ2v) is 4.35. The molecule has 1 fully saturated rings. The lowest BCUT2D eigenvalue weighted by Gasteiger charge is -2.45. The van der Waals surface area contributed by atoms with Gasteiger partial charge in [0.2, 0.25) is 0 Å². The van der Waals surface area contributed by atoms with E-state index in [-0.39, 0.29) is 0 Å². The summed E-state index contributed by atoms with van der Waals surface area (Å²) in [5, 5.41) is 3.22. The Labute approximate surface area is 70.6 Å². The van der Waals surface area contributed by atoms with Crippen molar-refractivity contribution in [1.29, 1.82) is 0 Å². The van der Waals surface area contributed by atoms with Crippen LogP contribution in [0.25, 0.3) is 0 Å². The first-order chi connectivity index (χ1) is 5.20. The van der Waals surface area contributed by atoms with Gasteiger partial charge in [-0.05, 0) is 44.2 Å². The average molecular weight is 155 g/mol. The van der Waals surface area contributed by atoms with Crippen molar-refractivity contribution in [2.45, 2.75) is 39.5 Å². The monoisotopic (exact) mass is 155 g/mol. The van der Waals surface area contributed by atoms with Gasteiger partial charge in [0.25, 0.3) is 0 Å². The van der Waals surface area contributed by atoms with Crippen LogP contribution in [-0.4, -0.2) is 13.6 Å². The molecule has 0 heterocycles. The highest BCUT2D eigenvalue weighted by molar-refractivity contribution is 4.89. The van der Waals surface area contributed by atoms with E-state index in [0.717, 1.165) is 5.92 Å². The molecule has 66 valence electrons. The van der Waals surface area contributed by atoms with Gasteiger partial charge in [0, 0.05) is 0 Å². The number of rotatable bonds is 4. The first-order valence-corrected chi connectivity index (χ1v) is 4.85. The summed E-state index contributed by atoms with van der Waals surface area (Å²) in [5.74, 6) is 1.04. The summed E-state index contributed by atoms with van der Waals surface area (Å²) in [6.45, 7) is 5.92. The molecule has 0 spiro atoms. The van der Waals surface area contributed by atoms with Gasteiger partial charge in [0.1, 0.15) is 0 Å². The van der Waals surface area contributed by atoms with Gasteiger partial charge in [-0.25, -0.2) is 0 Å². The molecule has 1 rings (SSSR count). The lowest BCUT2D eigenvalue weighted by molar-refractivity contribution is 0.0636. The van der Waals surface area contributed by atoms with E-state index >= 15 is 0 Å². The molecule has 1 aliphatic carbocycles. The van der Waals surface area contributed by atoms with Gasteiger partial charge >= 0.3 is 0 Å². The Hall–Kier alpha value is -0.0400. The Morgan fingerprint density at radius 1 is 1.45 bits per heavy atom. The van der Waals surface area contributed by atoms with Crippen LogP contribution in [0.3, 0.4) is 0 Å². The van der Waals surface area contributed by atoms with Crippen LogP contribution in [0.2, 0.25) is 0 Å². The Morgan fingerprint density at radius 3 is 2.55 bits per heavy atom. The summed E-state index contributed by atoms with van der Waals surface area (Å²) in [6, 6.07) is 0. The fourth-order valence-electron chi connectivity index (χ4n) is 2.25. The zero-order valence-electron chi connectivity index (χ0n) is 8.11. The van der Waals surface area contributed by atoms with Crippen molar-refractivity contribution >= 4 is 0 Å². The van der Waals surface area contributed by atoms with Crippen LogP contribution in [0.1, 0.15) is 39.5 Å². The van der Waals surface area contributed by atoms with E-state index in [1.54, 1.807) is 0 Å². The topological polar surface area (TPSA) is 12.0 Å². The predicted molar refractivity (Wildman–Crippen MR) is 49.7 cm³/mol. The molecule has 1 aliphatic rings. The van der Waals surface area contributed by atoms with Crippen LogP contribution in [0.15, 0.2) is 0 Å². The highest BCUT2D eigenvalue weighted by Crippen LogP contribution is 2.48. The third-order valence-corrected chi connectivity index (χ3v) is 3.12. The highest BCUT2D eigenvalue weighted by atomic mass is 14.8. The smallest absolute Gasteiger partial charge is 0.00467 e. The fraction of sp³-hybridized carbons (Fsp3) is 1.00. The Balaban J connectivity index is 2.15. The zero-order chi connectivity index (χ0) is 8.32. The third kappa shape index (κ3) is 2.19. The molecule has 0 aromatic carbocycles. The molecular formula is C10H21N. The molecule has 0 atom stereocenters. The summed E-state index contributed by atoms with van der Waals surface area (Å²) in [6.07, 6.45) is 5.67. The molecule has 1 saturated carbocycles. The zero-order valence-corrected chi connectivity index (χ0v) is 8.11. The normalized spacial score (nSPS) is 36.8. The van der Waals surface area contributed by atoms with Crippen molar-refractivity contribution < 1.29 is 0 Å². The second-order valence-electron chi connectivity index (χ2n) is 4.35. The summed E-state index contributed by atoms with van der Waals surface area (Å²) >= 11 is 0. The highest BCUT2D eigenvalue weighted by Gasteiger charge is 2.37. The standard InChI is InChI=1S/C10H21N/c1-4-9-7-10(2,8-9)5-6-11-3/h9,11H,4-8H2,1-3H3. The van der Waals surface area contributed by atoms with Crippen LogP contribution in [0, 0.1) is 11.3 Å². The molecule has 0 aromatic heterocycles. The maximum Gasteiger partial charge on any atom is -0.00467 e. The van der Waals surface area contributed by atoms with Crippen LogP contribution in [0.4, 0.5) is 0 Å². The Kier molecular flexibility index (Phi) is 2.94. The predicted octanol–water partition coefficient (Wildman–Crippen LogP) is 2.42. The molecule has 0 amide bonds. The quantitative estimate of drug-likeness (QED) is 0.657. The van der Waals surface area contributed by atoms with Gasteiger partial charge in [0.15, 0.2) is 0 Å². The van der Waals surface area contributed by atoms with Gasteiger partial charge in [-0.1, -0.05) is 20.3 Å². The number of nitrogens with one attached hydrogen (secondary N) is 1. The molecular weight excluding hydrogens is 134 g/mol. The molecule has 1 nitrogen and oxygen atoms in total. The largest absolute Gasteiger partial charge is 0.320 e. The average Bonchev–Trinajstić information content (AvgIpc) is 1.95. The van der Waals surface area contributed by atoms with E-state index in [1.807, 2.05) is 7.05 Å². The third-order valence-electron chi connectivity index (χ3n) is 3.12. The summed E-state index contributed by atoms with van der Waals surface area (Å²) < 4.78 is 0. The van der Waals surface area contributed by atoms with Gasteiger partial charge in [-0.2, -0.15) is 0 Å². The summed E-state index contributed by atoms with van der Waals surface area (Å²) in [5.41, 5.74) is 0.684. The molecule has 0 aliphatic heterocycles. The lowest BCUT2D eigenvalue weighted by Crippen LogP contribution is -2.36. The van der Waals surface area contributed by atoms with Crippen molar-refractivity contribution in [2.75, 3.05) is 13.6 Å². The minimum Gasteiger partial charge on any atom is -0.320 e. The summed E-state index contributed by atoms with van der Waals surface area (Å²) in [4.78, 5) is 0. The molecule has 1 N–H and O–H groups in total. The van der Waals surface area contributed by atoms with Crippen molar-refractivity contribution in [1.82, 2.24) is 5.32 Å². The Bertz CT molecular complexity index is 109. The molecule has 0 aromatic rings. The molecule has 0 saturated heterocycles. The molecule has 11 heavy (non-hydrogen) atoms. The summed E-state index contributed by atoms with van der Waals surface area (Å²) in [7, 11) is 2.04. The molecule has 0 radical (unpaired) electrons. The van der Waals surface area contributed by atoms with Crippen LogP contribution >= 0.6 is 0 Å². The van der Waals surface area contributed by atoms with Gasteiger partial charge < -0.3 is 5.32 Å². The number of hydrogen-bond donors (Lipinski definition) is 1. The second kappa shape index (κ2) is 3.57. The van der Waals surface area contributed by atoms with Gasteiger partial charge in [0.05, 0.1) is 0 Å². The maximum absolute atomic E-state index is 3.22. The van der Waals surface area contributed by atoms with Crippen molar-refractivity contribution in [2.24, 2.45) is 11.3 Å². The van der Waals surface area contributed by atoms with Crippen molar-refractivity contribution in [3.8, 4) is 0 Å². The first-order valence-electron chi connectivity index (χ1n) is 4.85. The minimum atomic E-state index is 0.684. The lowest BCUT2D eigenvalue weighted by atomic mass is 9.61. The first kappa shape index (κ1) is 9.05. The van der Waals surface area contributed by atoms with Gasteiger partial charge in [-0.3, -0.25) is 0 Å². The SMILES string of the molecule is CCC1CC(C)(CCNC)C1. The fourth-order valence-corrected chi connectivity index (χ4v) is 2.25. The van der Waals surface area contributed by atoms with Crippen LogP contribution in [-0.2, 0) is 0 Å². The van der Waals surface area contributed by atoms with Crippen LogP contribution in [0.5, 0.6) is 0 Å². The minimum absolute atomic E-state index is 0.684. The van der Waals surface area contributed by atoms with Crippen molar-refractivity contribution in [3.05, 3.63) is 0 Å². The van der Waals surface area contributed by atoms with E-state index < -0.39 is 0 Å². The van der Waals surface area contributed by atoms with E-state index in [4.69, 9.17) is 0 Å². The number of hydrogen-bond acceptors (Lipinski definition) is 1. The van der Waals surface area contributed by atoms with E-state index in [2.05, 4.69) is 19.2 Å². The molecule has 1 heteroatoms. The molecule has 0 unspecified atom stereocenters. The van der Waals surface area contributed by atoms with E-state index in [0.29, 0.717) is 5.41 Å². The Morgan fingerprint density at radius 2 is 2.09 bits per heavy atom. The maximum atomic E-state index is 3.22.